The molecule has 6 heavy (non-hydrogen) atoms. The lowest BCUT2D eigenvalue weighted by Crippen LogP contribution is -2.21. The molecule has 38 valence electrons. The van der Waals surface area contributed by atoms with Crippen molar-refractivity contribution in [1.29, 1.82) is 0 Å². The van der Waals surface area contributed by atoms with E-state index in [0.717, 1.165) is 4.67 Å². The highest BCUT2D eigenvalue weighted by atomic mass is 31.2. The average molecular weight is 107 g/mol. The molecule has 3 nitrogen and oxygen atoms in total. The minimum atomic E-state index is -2.33. The number of hydrogen-bond acceptors (Lipinski definition) is 3. The van der Waals surface area contributed by atoms with Crippen molar-refractivity contribution in [3.63, 3.8) is 0 Å². The topological polar surface area (TPSA) is 49.4 Å². The molecular weight excluding hydrogens is 101 g/mol. The fourth-order valence-electron chi connectivity index (χ4n) is 0. The van der Waals surface area contributed by atoms with Crippen molar-refractivity contribution in [3.05, 3.63) is 0 Å². The first kappa shape index (κ1) is 6.31. The van der Waals surface area contributed by atoms with E-state index in [1.165, 1.54) is 14.1 Å². The van der Waals surface area contributed by atoms with Crippen LogP contribution < -0.4 is 9.79 Å². The Hall–Kier alpha value is 0.310. The Morgan fingerprint density at radius 3 is 1.50 bits per heavy atom. The largest absolute Gasteiger partial charge is 0.830 e. The van der Waals surface area contributed by atoms with Gasteiger partial charge in [0.05, 0.1) is 0 Å². The molecule has 0 spiro atoms. The first-order valence-electron chi connectivity index (χ1n) is 1.46. The van der Waals surface area contributed by atoms with Crippen molar-refractivity contribution in [2.75, 3.05) is 14.1 Å². The van der Waals surface area contributed by atoms with Crippen LogP contribution in [-0.4, -0.2) is 18.8 Å². The van der Waals surface area contributed by atoms with Crippen LogP contribution in [0.5, 0.6) is 0 Å². The SMILES string of the molecule is CN(C)P([O-])[O-]. The van der Waals surface area contributed by atoms with Gasteiger partial charge in [-0.05, 0) is 14.1 Å². The molecule has 0 rings (SSSR count). The molecule has 0 heterocycles. The summed E-state index contributed by atoms with van der Waals surface area (Å²) in [6.07, 6.45) is 0. The van der Waals surface area contributed by atoms with E-state index in [1.54, 1.807) is 0 Å². The zero-order valence-corrected chi connectivity index (χ0v) is 4.61. The molecule has 0 aliphatic rings. The molecule has 0 radical (unpaired) electrons. The van der Waals surface area contributed by atoms with Gasteiger partial charge in [0, 0.05) is 0 Å². The third kappa shape index (κ3) is 2.54. The molecule has 0 saturated carbocycles. The van der Waals surface area contributed by atoms with Crippen LogP contribution in [0.25, 0.3) is 0 Å². The fraction of sp³-hybridized carbons (Fsp3) is 1.00. The fourth-order valence-corrected chi connectivity index (χ4v) is 0. The molecule has 0 saturated heterocycles. The van der Waals surface area contributed by atoms with Crippen LogP contribution >= 0.6 is 8.53 Å². The van der Waals surface area contributed by atoms with Gasteiger partial charge in [0.15, 0.2) is 0 Å². The van der Waals surface area contributed by atoms with Gasteiger partial charge in [0.2, 0.25) is 0 Å². The average Bonchev–Trinajstić information content (AvgIpc) is 1.36. The minimum Gasteiger partial charge on any atom is -0.830 e. The van der Waals surface area contributed by atoms with Crippen LogP contribution in [0, 0.1) is 0 Å². The van der Waals surface area contributed by atoms with Gasteiger partial charge < -0.3 is 14.5 Å². The Morgan fingerprint density at radius 2 is 1.50 bits per heavy atom. The van der Waals surface area contributed by atoms with Crippen LogP contribution in [0.15, 0.2) is 0 Å². The van der Waals surface area contributed by atoms with Crippen molar-refractivity contribution in [2.45, 2.75) is 0 Å². The molecule has 4 heteroatoms. The van der Waals surface area contributed by atoms with Crippen LogP contribution in [0.1, 0.15) is 0 Å². The van der Waals surface area contributed by atoms with E-state index in [9.17, 15) is 9.79 Å². The zero-order chi connectivity index (χ0) is 5.15. The van der Waals surface area contributed by atoms with Gasteiger partial charge in [-0.2, -0.15) is 0 Å². The summed E-state index contributed by atoms with van der Waals surface area (Å²) in [5.41, 5.74) is 0. The first-order chi connectivity index (χ1) is 2.64. The molecule has 0 N–H and O–H groups in total. The second kappa shape index (κ2) is 2.48. The monoisotopic (exact) mass is 107 g/mol. The molecule has 0 unspecified atom stereocenters. The predicted octanol–water partition coefficient (Wildman–Crippen LogP) is -1.50. The Labute approximate surface area is 38.2 Å². The van der Waals surface area contributed by atoms with Crippen LogP contribution in [-0.2, 0) is 0 Å². The van der Waals surface area contributed by atoms with E-state index in [4.69, 9.17) is 0 Å². The number of hydrogen-bond donors (Lipinski definition) is 0. The summed E-state index contributed by atoms with van der Waals surface area (Å²) in [7, 11) is 0.630. The second-order valence-corrected chi connectivity index (χ2v) is 2.36. The van der Waals surface area contributed by atoms with Crippen LogP contribution in [0.3, 0.4) is 0 Å². The van der Waals surface area contributed by atoms with E-state index in [2.05, 4.69) is 0 Å². The van der Waals surface area contributed by atoms with Crippen molar-refractivity contribution in [1.82, 2.24) is 4.67 Å². The summed E-state index contributed by atoms with van der Waals surface area (Å²) in [4.78, 5) is 19.3. The molecule has 0 aromatic rings. The Kier molecular flexibility index (Phi) is 2.61. The van der Waals surface area contributed by atoms with E-state index in [0.29, 0.717) is 0 Å². The smallest absolute Gasteiger partial charge is 0.0123 e. The predicted molar refractivity (Wildman–Crippen MR) is 20.6 cm³/mol. The van der Waals surface area contributed by atoms with E-state index in [1.807, 2.05) is 0 Å². The maximum Gasteiger partial charge on any atom is -0.0123 e. The van der Waals surface area contributed by atoms with Gasteiger partial charge in [-0.25, -0.2) is 8.53 Å². The molecule has 0 aromatic heterocycles. The third-order valence-corrected chi connectivity index (χ3v) is 0.980. The summed E-state index contributed by atoms with van der Waals surface area (Å²) < 4.78 is 1.12. The van der Waals surface area contributed by atoms with Gasteiger partial charge in [-0.3, -0.25) is 0 Å². The van der Waals surface area contributed by atoms with Gasteiger partial charge in [0.25, 0.3) is 0 Å². The molecule has 0 bridgehead atoms. The Bertz CT molecular complexity index is 32.5. The zero-order valence-electron chi connectivity index (χ0n) is 3.71. The Morgan fingerprint density at radius 1 is 1.33 bits per heavy atom. The summed E-state index contributed by atoms with van der Waals surface area (Å²) in [5, 5.41) is 0. The lowest BCUT2D eigenvalue weighted by Gasteiger charge is -2.37. The molecule has 0 aliphatic heterocycles. The molecular formula is C2H6NO2P-2. The van der Waals surface area contributed by atoms with Gasteiger partial charge in [0.1, 0.15) is 0 Å². The summed E-state index contributed by atoms with van der Waals surface area (Å²) in [6.45, 7) is 0. The third-order valence-electron chi connectivity index (χ3n) is 0.327. The number of nitrogens with zero attached hydrogens (tertiary/aromatic N) is 1. The molecule has 0 aliphatic carbocycles. The van der Waals surface area contributed by atoms with Crippen LogP contribution in [0.2, 0.25) is 0 Å². The lowest BCUT2D eigenvalue weighted by atomic mass is 11.3. The highest BCUT2D eigenvalue weighted by molar-refractivity contribution is 7.39. The normalized spacial score (nSPS) is 11.0. The second-order valence-electron chi connectivity index (χ2n) is 1.09. The van der Waals surface area contributed by atoms with Gasteiger partial charge in [-0.1, -0.05) is 0 Å². The standard InChI is InChI=1S/C2H6NO2P/c1-3(2)6(4)5/h1-2H3/q-2. The van der Waals surface area contributed by atoms with Crippen molar-refractivity contribution in [3.8, 4) is 0 Å². The summed E-state index contributed by atoms with van der Waals surface area (Å²) in [6, 6.07) is 0. The maximum atomic E-state index is 9.66. The van der Waals surface area contributed by atoms with E-state index in [-0.39, 0.29) is 0 Å². The molecule has 0 aromatic carbocycles. The van der Waals surface area contributed by atoms with Crippen molar-refractivity contribution < 1.29 is 9.79 Å². The molecule has 0 amide bonds. The first-order valence-corrected chi connectivity index (χ1v) is 2.59. The summed E-state index contributed by atoms with van der Waals surface area (Å²) in [5.74, 6) is 0. The van der Waals surface area contributed by atoms with Crippen LogP contribution in [0.4, 0.5) is 0 Å². The maximum absolute atomic E-state index is 9.66. The molecule has 0 fully saturated rings. The summed E-state index contributed by atoms with van der Waals surface area (Å²) >= 11 is 0. The minimum absolute atomic E-state index is 1.12. The van der Waals surface area contributed by atoms with Crippen molar-refractivity contribution in [2.24, 2.45) is 0 Å². The van der Waals surface area contributed by atoms with Crippen molar-refractivity contribution >= 4 is 8.53 Å². The van der Waals surface area contributed by atoms with Gasteiger partial charge in [-0.15, -0.1) is 0 Å². The number of rotatable bonds is 1. The quantitative estimate of drug-likeness (QED) is 0.383. The highest BCUT2D eigenvalue weighted by Gasteiger charge is 1.71. The highest BCUT2D eigenvalue weighted by Crippen LogP contribution is 2.11. The van der Waals surface area contributed by atoms with Gasteiger partial charge >= 0.3 is 0 Å². The molecule has 0 atom stereocenters. The lowest BCUT2D eigenvalue weighted by molar-refractivity contribution is -0.304. The van der Waals surface area contributed by atoms with E-state index < -0.39 is 8.53 Å². The Balaban J connectivity index is 2.99. The van der Waals surface area contributed by atoms with E-state index >= 15 is 0 Å².